The highest BCUT2D eigenvalue weighted by molar-refractivity contribution is 5.94. The summed E-state index contributed by atoms with van der Waals surface area (Å²) in [6, 6.07) is 3.78. The fourth-order valence-electron chi connectivity index (χ4n) is 1.42. The fourth-order valence-corrected chi connectivity index (χ4v) is 1.42. The van der Waals surface area contributed by atoms with Crippen molar-refractivity contribution in [1.29, 1.82) is 0 Å². The topological polar surface area (TPSA) is 114 Å². The third-order valence-corrected chi connectivity index (χ3v) is 2.43. The first kappa shape index (κ1) is 14.4. The lowest BCUT2D eigenvalue weighted by Gasteiger charge is -2.14. The Morgan fingerprint density at radius 2 is 2.10 bits per heavy atom. The molecule has 108 valence electrons. The van der Waals surface area contributed by atoms with Crippen molar-refractivity contribution in [2.24, 2.45) is 0 Å². The van der Waals surface area contributed by atoms with E-state index in [1.54, 1.807) is 18.2 Å². The molecule has 0 aliphatic rings. The Hall–Kier alpha value is -3.03. The Balaban J connectivity index is 1.96. The summed E-state index contributed by atoms with van der Waals surface area (Å²) in [7, 11) is 0. The van der Waals surface area contributed by atoms with Crippen LogP contribution in [0.3, 0.4) is 0 Å². The maximum Gasteiger partial charge on any atom is 0.329 e. The number of carboxylic acids is 1. The van der Waals surface area contributed by atoms with E-state index in [4.69, 9.17) is 9.84 Å². The van der Waals surface area contributed by atoms with Crippen molar-refractivity contribution in [1.82, 2.24) is 20.3 Å². The molecule has 0 radical (unpaired) electrons. The average molecular weight is 288 g/mol. The molecule has 2 rings (SSSR count). The minimum atomic E-state index is -1.22. The minimum absolute atomic E-state index is 0.0292. The van der Waals surface area contributed by atoms with Gasteiger partial charge in [0, 0.05) is 24.7 Å². The number of hydrogen-bond acceptors (Lipinski definition) is 6. The SMILES string of the molecule is O=C(NC(COc1ccccn1)C(=O)O)c1cnccn1. The van der Waals surface area contributed by atoms with Crippen LogP contribution in [0.25, 0.3) is 0 Å². The number of pyridine rings is 1. The van der Waals surface area contributed by atoms with Gasteiger partial charge in [-0.1, -0.05) is 6.07 Å². The van der Waals surface area contributed by atoms with Crippen molar-refractivity contribution >= 4 is 11.9 Å². The van der Waals surface area contributed by atoms with Crippen LogP contribution in [0.15, 0.2) is 43.0 Å². The number of rotatable bonds is 6. The molecule has 2 N–H and O–H groups in total. The second kappa shape index (κ2) is 6.94. The molecule has 0 saturated carbocycles. The molecular weight excluding hydrogens is 276 g/mol. The van der Waals surface area contributed by atoms with Gasteiger partial charge < -0.3 is 15.2 Å². The third kappa shape index (κ3) is 4.23. The second-order valence-electron chi connectivity index (χ2n) is 3.93. The highest BCUT2D eigenvalue weighted by Gasteiger charge is 2.22. The van der Waals surface area contributed by atoms with Crippen molar-refractivity contribution in [3.63, 3.8) is 0 Å². The van der Waals surface area contributed by atoms with E-state index in [1.165, 1.54) is 24.8 Å². The first-order valence-corrected chi connectivity index (χ1v) is 6.00. The van der Waals surface area contributed by atoms with E-state index in [1.807, 2.05) is 0 Å². The number of ether oxygens (including phenoxy) is 1. The zero-order valence-electron chi connectivity index (χ0n) is 10.8. The molecule has 0 aliphatic carbocycles. The zero-order chi connectivity index (χ0) is 15.1. The van der Waals surface area contributed by atoms with E-state index in [0.29, 0.717) is 0 Å². The van der Waals surface area contributed by atoms with Gasteiger partial charge in [-0.25, -0.2) is 14.8 Å². The van der Waals surface area contributed by atoms with E-state index in [0.717, 1.165) is 0 Å². The summed E-state index contributed by atoms with van der Waals surface area (Å²) in [5.74, 6) is -1.58. The molecule has 1 amide bonds. The minimum Gasteiger partial charge on any atom is -0.480 e. The highest BCUT2D eigenvalue weighted by Crippen LogP contribution is 2.04. The molecule has 0 saturated heterocycles. The van der Waals surface area contributed by atoms with Crippen LogP contribution < -0.4 is 10.1 Å². The summed E-state index contributed by atoms with van der Waals surface area (Å²) in [6.07, 6.45) is 5.52. The summed E-state index contributed by atoms with van der Waals surface area (Å²) >= 11 is 0. The van der Waals surface area contributed by atoms with Crippen molar-refractivity contribution in [3.05, 3.63) is 48.7 Å². The number of nitrogens with one attached hydrogen (secondary N) is 1. The second-order valence-corrected chi connectivity index (χ2v) is 3.93. The van der Waals surface area contributed by atoms with Gasteiger partial charge in [0.25, 0.3) is 5.91 Å². The molecule has 0 fully saturated rings. The lowest BCUT2D eigenvalue weighted by atomic mass is 10.3. The largest absolute Gasteiger partial charge is 0.480 e. The molecular formula is C13H12N4O4. The Kier molecular flexibility index (Phi) is 4.75. The molecule has 0 spiro atoms. The first-order chi connectivity index (χ1) is 10.2. The molecule has 2 aromatic heterocycles. The predicted octanol–water partition coefficient (Wildman–Crippen LogP) is 0.134. The molecule has 21 heavy (non-hydrogen) atoms. The maximum atomic E-state index is 11.8. The van der Waals surface area contributed by atoms with E-state index >= 15 is 0 Å². The molecule has 0 bridgehead atoms. The molecule has 0 aromatic carbocycles. The van der Waals surface area contributed by atoms with Gasteiger partial charge in [0.05, 0.1) is 6.20 Å². The Morgan fingerprint density at radius 1 is 1.24 bits per heavy atom. The summed E-state index contributed by atoms with van der Waals surface area (Å²) in [5.41, 5.74) is 0.0292. The van der Waals surface area contributed by atoms with Crippen molar-refractivity contribution in [3.8, 4) is 5.88 Å². The van der Waals surface area contributed by atoms with Crippen LogP contribution >= 0.6 is 0 Å². The summed E-state index contributed by atoms with van der Waals surface area (Å²) in [6.45, 7) is -0.252. The van der Waals surface area contributed by atoms with Gasteiger partial charge in [0.15, 0.2) is 6.04 Å². The Labute approximate surface area is 119 Å². The average Bonchev–Trinajstić information content (AvgIpc) is 2.52. The first-order valence-electron chi connectivity index (χ1n) is 6.00. The van der Waals surface area contributed by atoms with Crippen LogP contribution in [0.1, 0.15) is 10.5 Å². The standard InChI is InChI=1S/C13H12N4O4/c18-12(9-7-14-5-6-15-9)17-10(13(19)20)8-21-11-3-1-2-4-16-11/h1-7,10H,8H2,(H,17,18)(H,19,20). The van der Waals surface area contributed by atoms with E-state index in [-0.39, 0.29) is 18.2 Å². The summed E-state index contributed by atoms with van der Waals surface area (Å²) in [5, 5.41) is 11.4. The van der Waals surface area contributed by atoms with Crippen LogP contribution in [0.2, 0.25) is 0 Å². The van der Waals surface area contributed by atoms with Crippen LogP contribution in [-0.2, 0) is 4.79 Å². The molecule has 0 aliphatic heterocycles. The van der Waals surface area contributed by atoms with Crippen LogP contribution in [0.4, 0.5) is 0 Å². The van der Waals surface area contributed by atoms with E-state index < -0.39 is 17.9 Å². The van der Waals surface area contributed by atoms with Gasteiger partial charge in [-0.2, -0.15) is 0 Å². The van der Waals surface area contributed by atoms with Gasteiger partial charge in [0.1, 0.15) is 12.3 Å². The number of carbonyl (C=O) groups excluding carboxylic acids is 1. The molecule has 8 heteroatoms. The molecule has 8 nitrogen and oxygen atoms in total. The van der Waals surface area contributed by atoms with Crippen molar-refractivity contribution < 1.29 is 19.4 Å². The van der Waals surface area contributed by atoms with Crippen molar-refractivity contribution in [2.45, 2.75) is 6.04 Å². The van der Waals surface area contributed by atoms with Crippen LogP contribution in [-0.4, -0.2) is 44.6 Å². The Morgan fingerprint density at radius 3 is 2.71 bits per heavy atom. The fraction of sp³-hybridized carbons (Fsp3) is 0.154. The molecule has 1 atom stereocenters. The number of nitrogens with zero attached hydrogens (tertiary/aromatic N) is 3. The lowest BCUT2D eigenvalue weighted by molar-refractivity contribution is -0.140. The molecule has 2 heterocycles. The predicted molar refractivity (Wildman–Crippen MR) is 70.7 cm³/mol. The van der Waals surface area contributed by atoms with Crippen LogP contribution in [0, 0.1) is 0 Å². The Bertz CT molecular complexity index is 606. The van der Waals surface area contributed by atoms with E-state index in [2.05, 4.69) is 20.3 Å². The summed E-state index contributed by atoms with van der Waals surface area (Å²) in [4.78, 5) is 34.4. The smallest absolute Gasteiger partial charge is 0.329 e. The number of amides is 1. The van der Waals surface area contributed by atoms with Gasteiger partial charge in [-0.15, -0.1) is 0 Å². The highest BCUT2D eigenvalue weighted by atomic mass is 16.5. The quantitative estimate of drug-likeness (QED) is 0.776. The number of carbonyl (C=O) groups is 2. The maximum absolute atomic E-state index is 11.8. The molecule has 2 aromatic rings. The third-order valence-electron chi connectivity index (χ3n) is 2.43. The van der Waals surface area contributed by atoms with Gasteiger partial charge in [0.2, 0.25) is 5.88 Å². The monoisotopic (exact) mass is 288 g/mol. The number of carboxylic acid groups (broad SMARTS) is 1. The van der Waals surface area contributed by atoms with Crippen LogP contribution in [0.5, 0.6) is 5.88 Å². The number of hydrogen-bond donors (Lipinski definition) is 2. The zero-order valence-corrected chi connectivity index (χ0v) is 10.8. The normalized spacial score (nSPS) is 11.4. The van der Waals surface area contributed by atoms with Crippen molar-refractivity contribution in [2.75, 3.05) is 6.61 Å². The van der Waals surface area contributed by atoms with E-state index in [9.17, 15) is 9.59 Å². The molecule has 1 unspecified atom stereocenters. The van der Waals surface area contributed by atoms with Gasteiger partial charge in [-0.05, 0) is 6.07 Å². The number of aliphatic carboxylic acids is 1. The lowest BCUT2D eigenvalue weighted by Crippen LogP contribution is -2.45. The van der Waals surface area contributed by atoms with Gasteiger partial charge >= 0.3 is 5.97 Å². The summed E-state index contributed by atoms with van der Waals surface area (Å²) < 4.78 is 5.22. The van der Waals surface area contributed by atoms with Gasteiger partial charge in [-0.3, -0.25) is 9.78 Å². The number of aromatic nitrogens is 3.